The van der Waals surface area contributed by atoms with Crippen LogP contribution in [0.4, 0.5) is 11.4 Å². The Balaban J connectivity index is 2.13. The maximum absolute atomic E-state index is 5.80. The van der Waals surface area contributed by atoms with E-state index in [1.165, 1.54) is 28.9 Å². The number of halogens is 1. The highest BCUT2D eigenvalue weighted by Crippen LogP contribution is 2.39. The molecule has 2 nitrogen and oxygen atoms in total. The van der Waals surface area contributed by atoms with Crippen LogP contribution in [0.3, 0.4) is 0 Å². The Kier molecular flexibility index (Phi) is 4.32. The Labute approximate surface area is 135 Å². The van der Waals surface area contributed by atoms with Gasteiger partial charge in [-0.3, -0.25) is 0 Å². The van der Waals surface area contributed by atoms with E-state index in [1.807, 2.05) is 0 Å². The highest BCUT2D eigenvalue weighted by atomic mass is 79.9. The van der Waals surface area contributed by atoms with Crippen LogP contribution in [0.2, 0.25) is 0 Å². The number of anilines is 2. The van der Waals surface area contributed by atoms with Crippen LogP contribution in [0.25, 0.3) is 0 Å². The molecule has 2 aromatic carbocycles. The summed E-state index contributed by atoms with van der Waals surface area (Å²) in [6, 6.07) is 15.8. The Morgan fingerprint density at radius 3 is 2.81 bits per heavy atom. The highest BCUT2D eigenvalue weighted by molar-refractivity contribution is 9.10. The molecule has 2 N–H and O–H groups in total. The fourth-order valence-electron chi connectivity index (χ4n) is 3.18. The molecule has 0 radical (unpaired) electrons. The number of hydrogen-bond donors (Lipinski definition) is 1. The predicted molar refractivity (Wildman–Crippen MR) is 93.3 cm³/mol. The number of aryl methyl sites for hydroxylation is 1. The molecule has 1 aliphatic rings. The number of nitrogens with two attached hydrogens (primary N) is 1. The van der Waals surface area contributed by atoms with Crippen molar-refractivity contribution >= 4 is 27.3 Å². The van der Waals surface area contributed by atoms with E-state index < -0.39 is 0 Å². The van der Waals surface area contributed by atoms with E-state index in [-0.39, 0.29) is 0 Å². The lowest BCUT2D eigenvalue weighted by Crippen LogP contribution is -2.34. The van der Waals surface area contributed by atoms with Gasteiger partial charge < -0.3 is 10.6 Å². The Morgan fingerprint density at radius 2 is 2.00 bits per heavy atom. The van der Waals surface area contributed by atoms with Crippen molar-refractivity contribution in [3.05, 3.63) is 58.1 Å². The number of para-hydroxylation sites is 1. The molecule has 0 spiro atoms. The molecule has 0 aromatic heterocycles. The van der Waals surface area contributed by atoms with Gasteiger partial charge in [0.25, 0.3) is 0 Å². The first kappa shape index (κ1) is 14.6. The first-order valence-electron chi connectivity index (χ1n) is 7.56. The van der Waals surface area contributed by atoms with Crippen molar-refractivity contribution in [1.29, 1.82) is 0 Å². The Hall–Kier alpha value is -1.32. The van der Waals surface area contributed by atoms with Crippen LogP contribution < -0.4 is 10.6 Å². The SMILES string of the molecule is CC1CCc2ccccc2N1c1cc(Br)ccc1CCN. The molecule has 0 amide bonds. The van der Waals surface area contributed by atoms with Crippen molar-refractivity contribution in [3.63, 3.8) is 0 Å². The smallest absolute Gasteiger partial charge is 0.0457 e. The molecule has 0 bridgehead atoms. The lowest BCUT2D eigenvalue weighted by atomic mass is 9.94. The second kappa shape index (κ2) is 6.20. The molecule has 3 rings (SSSR count). The highest BCUT2D eigenvalue weighted by Gasteiger charge is 2.25. The minimum Gasteiger partial charge on any atom is -0.338 e. The predicted octanol–water partition coefficient (Wildman–Crippen LogP) is 4.42. The van der Waals surface area contributed by atoms with Crippen molar-refractivity contribution < 1.29 is 0 Å². The van der Waals surface area contributed by atoms with Gasteiger partial charge in [-0.1, -0.05) is 40.2 Å². The summed E-state index contributed by atoms with van der Waals surface area (Å²) in [5.41, 5.74) is 11.2. The van der Waals surface area contributed by atoms with Crippen LogP contribution in [0, 0.1) is 0 Å². The van der Waals surface area contributed by atoms with E-state index in [1.54, 1.807) is 0 Å². The molecule has 2 aromatic rings. The summed E-state index contributed by atoms with van der Waals surface area (Å²) in [4.78, 5) is 2.48. The number of nitrogens with zero attached hydrogens (tertiary/aromatic N) is 1. The fraction of sp³-hybridized carbons (Fsp3) is 0.333. The molecule has 1 heterocycles. The number of hydrogen-bond acceptors (Lipinski definition) is 2. The van der Waals surface area contributed by atoms with E-state index in [2.05, 4.69) is 70.2 Å². The van der Waals surface area contributed by atoms with Crippen molar-refractivity contribution in [1.82, 2.24) is 0 Å². The van der Waals surface area contributed by atoms with Crippen molar-refractivity contribution in [2.75, 3.05) is 11.4 Å². The third-order valence-corrected chi connectivity index (χ3v) is 4.74. The average Bonchev–Trinajstić information content (AvgIpc) is 2.49. The van der Waals surface area contributed by atoms with E-state index in [4.69, 9.17) is 5.73 Å². The fourth-order valence-corrected chi connectivity index (χ4v) is 3.53. The van der Waals surface area contributed by atoms with Gasteiger partial charge in [-0.2, -0.15) is 0 Å². The summed E-state index contributed by atoms with van der Waals surface area (Å²) in [5.74, 6) is 0. The van der Waals surface area contributed by atoms with Gasteiger partial charge >= 0.3 is 0 Å². The molecule has 0 aliphatic carbocycles. The summed E-state index contributed by atoms with van der Waals surface area (Å²) in [7, 11) is 0. The van der Waals surface area contributed by atoms with E-state index in [0.717, 1.165) is 17.3 Å². The first-order valence-corrected chi connectivity index (χ1v) is 8.35. The van der Waals surface area contributed by atoms with Crippen molar-refractivity contribution in [2.45, 2.75) is 32.2 Å². The quantitative estimate of drug-likeness (QED) is 0.892. The largest absolute Gasteiger partial charge is 0.338 e. The molecule has 1 atom stereocenters. The zero-order chi connectivity index (χ0) is 14.8. The molecule has 21 heavy (non-hydrogen) atoms. The third-order valence-electron chi connectivity index (χ3n) is 4.24. The van der Waals surface area contributed by atoms with E-state index >= 15 is 0 Å². The molecule has 110 valence electrons. The number of fused-ring (bicyclic) bond motifs is 1. The van der Waals surface area contributed by atoms with Crippen LogP contribution >= 0.6 is 15.9 Å². The minimum absolute atomic E-state index is 0.505. The zero-order valence-electron chi connectivity index (χ0n) is 12.3. The van der Waals surface area contributed by atoms with Crippen LogP contribution in [0.5, 0.6) is 0 Å². The summed E-state index contributed by atoms with van der Waals surface area (Å²) in [5, 5.41) is 0. The van der Waals surface area contributed by atoms with Gasteiger partial charge in [0.1, 0.15) is 0 Å². The van der Waals surface area contributed by atoms with Gasteiger partial charge in [-0.15, -0.1) is 0 Å². The molecule has 1 aliphatic heterocycles. The standard InChI is InChI=1S/C18H21BrN2/c1-13-6-7-14-4-2-3-5-17(14)21(13)18-12-16(19)9-8-15(18)10-11-20/h2-5,8-9,12-13H,6-7,10-11,20H2,1H3. The van der Waals surface area contributed by atoms with E-state index in [0.29, 0.717) is 12.6 Å². The van der Waals surface area contributed by atoms with Gasteiger partial charge in [-0.25, -0.2) is 0 Å². The third kappa shape index (κ3) is 2.85. The van der Waals surface area contributed by atoms with Crippen LogP contribution in [-0.4, -0.2) is 12.6 Å². The summed E-state index contributed by atoms with van der Waals surface area (Å²) in [6.45, 7) is 2.99. The molecular formula is C18H21BrN2. The summed E-state index contributed by atoms with van der Waals surface area (Å²) >= 11 is 3.62. The number of benzene rings is 2. The maximum Gasteiger partial charge on any atom is 0.0457 e. The Bertz CT molecular complexity index is 639. The average molecular weight is 345 g/mol. The van der Waals surface area contributed by atoms with Gasteiger partial charge in [0.05, 0.1) is 0 Å². The second-order valence-electron chi connectivity index (χ2n) is 5.70. The monoisotopic (exact) mass is 344 g/mol. The van der Waals surface area contributed by atoms with Crippen LogP contribution in [-0.2, 0) is 12.8 Å². The molecule has 1 unspecified atom stereocenters. The van der Waals surface area contributed by atoms with E-state index in [9.17, 15) is 0 Å². The maximum atomic E-state index is 5.80. The minimum atomic E-state index is 0.505. The van der Waals surface area contributed by atoms with Crippen LogP contribution in [0.15, 0.2) is 46.9 Å². The van der Waals surface area contributed by atoms with Gasteiger partial charge in [0.15, 0.2) is 0 Å². The number of rotatable bonds is 3. The van der Waals surface area contributed by atoms with Crippen molar-refractivity contribution in [2.24, 2.45) is 5.73 Å². The molecule has 3 heteroatoms. The molecule has 0 saturated carbocycles. The van der Waals surface area contributed by atoms with Gasteiger partial charge in [-0.05, 0) is 62.1 Å². The summed E-state index contributed by atoms with van der Waals surface area (Å²) in [6.07, 6.45) is 3.26. The topological polar surface area (TPSA) is 29.3 Å². The second-order valence-corrected chi connectivity index (χ2v) is 6.61. The van der Waals surface area contributed by atoms with Gasteiger partial charge in [0, 0.05) is 21.9 Å². The van der Waals surface area contributed by atoms with Crippen molar-refractivity contribution in [3.8, 4) is 0 Å². The summed E-state index contributed by atoms with van der Waals surface area (Å²) < 4.78 is 1.12. The first-order chi connectivity index (χ1) is 10.2. The Morgan fingerprint density at radius 1 is 1.19 bits per heavy atom. The molecular weight excluding hydrogens is 324 g/mol. The zero-order valence-corrected chi connectivity index (χ0v) is 13.9. The lowest BCUT2D eigenvalue weighted by Gasteiger charge is -2.38. The lowest BCUT2D eigenvalue weighted by molar-refractivity contribution is 0.616. The molecule has 0 saturated heterocycles. The van der Waals surface area contributed by atoms with Gasteiger partial charge in [0.2, 0.25) is 0 Å². The molecule has 0 fully saturated rings. The van der Waals surface area contributed by atoms with Crippen LogP contribution in [0.1, 0.15) is 24.5 Å². The normalized spacial score (nSPS) is 17.7.